The van der Waals surface area contributed by atoms with Gasteiger partial charge in [-0.15, -0.1) is 0 Å². The molecule has 1 aliphatic heterocycles. The molecule has 0 amide bonds. The smallest absolute Gasteiger partial charge is 0.337 e. The van der Waals surface area contributed by atoms with Crippen molar-refractivity contribution in [3.8, 4) is 5.75 Å². The van der Waals surface area contributed by atoms with Crippen LogP contribution in [0.2, 0.25) is 0 Å². The SMILES string of the molecule is COC(=O)[C@H]1C(=O)C2=C(C[C@H]1C)NC(C)=C(C(=O)OC1CCCCC1)[C@H]2c1cccc(OC)c1. The Kier molecular flexibility index (Phi) is 7.10. The Bertz CT molecular complexity index is 1050. The summed E-state index contributed by atoms with van der Waals surface area (Å²) in [6.45, 7) is 3.72. The van der Waals surface area contributed by atoms with E-state index in [-0.39, 0.29) is 17.8 Å². The quantitative estimate of drug-likeness (QED) is 0.513. The number of nitrogens with one attached hydrogen (secondary N) is 1. The lowest BCUT2D eigenvalue weighted by Crippen LogP contribution is -2.43. The van der Waals surface area contributed by atoms with Gasteiger partial charge in [0.1, 0.15) is 17.8 Å². The Balaban J connectivity index is 1.79. The Morgan fingerprint density at radius 3 is 2.50 bits per heavy atom. The lowest BCUT2D eigenvalue weighted by molar-refractivity contribution is -0.151. The summed E-state index contributed by atoms with van der Waals surface area (Å²) >= 11 is 0. The van der Waals surface area contributed by atoms with Crippen LogP contribution in [0.5, 0.6) is 5.75 Å². The normalized spacial score (nSPS) is 25.4. The van der Waals surface area contributed by atoms with Crippen molar-refractivity contribution < 1.29 is 28.6 Å². The lowest BCUT2D eigenvalue weighted by atomic mass is 9.69. The average molecular weight is 468 g/mol. The molecular weight excluding hydrogens is 434 g/mol. The highest BCUT2D eigenvalue weighted by molar-refractivity contribution is 6.12. The Morgan fingerprint density at radius 2 is 1.82 bits per heavy atom. The summed E-state index contributed by atoms with van der Waals surface area (Å²) in [5.74, 6) is -2.44. The molecule has 0 spiro atoms. The summed E-state index contributed by atoms with van der Waals surface area (Å²) in [5, 5.41) is 3.31. The van der Waals surface area contributed by atoms with Crippen molar-refractivity contribution in [2.24, 2.45) is 11.8 Å². The van der Waals surface area contributed by atoms with Gasteiger partial charge in [0.15, 0.2) is 5.78 Å². The third-order valence-corrected chi connectivity index (χ3v) is 7.22. The first-order valence-electron chi connectivity index (χ1n) is 12.0. The van der Waals surface area contributed by atoms with Crippen molar-refractivity contribution >= 4 is 17.7 Å². The molecule has 7 nitrogen and oxygen atoms in total. The van der Waals surface area contributed by atoms with Crippen LogP contribution in [0.1, 0.15) is 63.9 Å². The number of allylic oxidation sites excluding steroid dienone is 3. The molecule has 0 saturated heterocycles. The van der Waals surface area contributed by atoms with Gasteiger partial charge in [-0.1, -0.05) is 25.5 Å². The molecule has 1 N–H and O–H groups in total. The molecule has 0 radical (unpaired) electrons. The number of ether oxygens (including phenoxy) is 3. The zero-order valence-electron chi connectivity index (χ0n) is 20.3. The Morgan fingerprint density at radius 1 is 1.09 bits per heavy atom. The number of Topliss-reactive ketones (excluding diaryl/α,β-unsaturated/α-hetero) is 1. The number of rotatable bonds is 5. The second-order valence-corrected chi connectivity index (χ2v) is 9.48. The molecule has 182 valence electrons. The number of benzene rings is 1. The van der Waals surface area contributed by atoms with Crippen molar-refractivity contribution in [2.75, 3.05) is 14.2 Å². The summed E-state index contributed by atoms with van der Waals surface area (Å²) in [7, 11) is 2.87. The van der Waals surface area contributed by atoms with E-state index in [4.69, 9.17) is 14.2 Å². The molecule has 1 aromatic carbocycles. The zero-order chi connectivity index (χ0) is 24.4. The molecule has 4 rings (SSSR count). The van der Waals surface area contributed by atoms with Crippen molar-refractivity contribution in [1.29, 1.82) is 0 Å². The fourth-order valence-electron chi connectivity index (χ4n) is 5.50. The van der Waals surface area contributed by atoms with Crippen LogP contribution in [0.15, 0.2) is 46.8 Å². The minimum atomic E-state index is -0.910. The fraction of sp³-hybridized carbons (Fsp3) is 0.519. The molecule has 0 bridgehead atoms. The van der Waals surface area contributed by atoms with E-state index in [1.165, 1.54) is 7.11 Å². The molecule has 1 aromatic rings. The van der Waals surface area contributed by atoms with Gasteiger partial charge in [0, 0.05) is 22.9 Å². The van der Waals surface area contributed by atoms with E-state index in [2.05, 4.69) is 5.32 Å². The summed E-state index contributed by atoms with van der Waals surface area (Å²) in [4.78, 5) is 39.9. The second-order valence-electron chi connectivity index (χ2n) is 9.48. The topological polar surface area (TPSA) is 90.9 Å². The van der Waals surface area contributed by atoms with Crippen LogP contribution in [0.25, 0.3) is 0 Å². The molecule has 1 heterocycles. The molecule has 1 fully saturated rings. The standard InChI is InChI=1S/C27H33NO6/c1-15-13-20-24(25(29)21(15)26(30)33-4)23(17-9-8-12-19(14-17)32-3)22(16(2)28-20)27(31)34-18-10-6-5-7-11-18/h8-9,12,14-15,18,21,23,28H,5-7,10-11,13H2,1-4H3/t15-,21-,23-/m1/s1. The summed E-state index contributed by atoms with van der Waals surface area (Å²) in [5.41, 5.74) is 3.00. The van der Waals surface area contributed by atoms with Gasteiger partial charge < -0.3 is 19.5 Å². The maximum Gasteiger partial charge on any atom is 0.337 e. The monoisotopic (exact) mass is 467 g/mol. The third kappa shape index (κ3) is 4.48. The first kappa shape index (κ1) is 24.0. The van der Waals surface area contributed by atoms with E-state index < -0.39 is 23.8 Å². The number of hydrogen-bond acceptors (Lipinski definition) is 7. The van der Waals surface area contributed by atoms with Crippen molar-refractivity contribution in [2.45, 2.75) is 64.4 Å². The van der Waals surface area contributed by atoms with Gasteiger partial charge in [-0.2, -0.15) is 0 Å². The number of esters is 2. The first-order valence-corrected chi connectivity index (χ1v) is 12.0. The average Bonchev–Trinajstić information content (AvgIpc) is 2.83. The van der Waals surface area contributed by atoms with Crippen LogP contribution in [0.3, 0.4) is 0 Å². The summed E-state index contributed by atoms with van der Waals surface area (Å²) < 4.78 is 16.3. The van der Waals surface area contributed by atoms with Crippen LogP contribution < -0.4 is 10.1 Å². The van der Waals surface area contributed by atoms with E-state index in [0.717, 1.165) is 43.4 Å². The van der Waals surface area contributed by atoms with Crippen LogP contribution >= 0.6 is 0 Å². The van der Waals surface area contributed by atoms with E-state index in [9.17, 15) is 14.4 Å². The molecule has 2 aliphatic carbocycles. The summed E-state index contributed by atoms with van der Waals surface area (Å²) in [6, 6.07) is 7.37. The highest BCUT2D eigenvalue weighted by atomic mass is 16.5. The first-order chi connectivity index (χ1) is 16.3. The van der Waals surface area contributed by atoms with Gasteiger partial charge in [-0.3, -0.25) is 9.59 Å². The van der Waals surface area contributed by atoms with Gasteiger partial charge in [0.05, 0.1) is 19.8 Å². The fourth-order valence-corrected chi connectivity index (χ4v) is 5.50. The number of methoxy groups -OCH3 is 2. The minimum Gasteiger partial charge on any atom is -0.497 e. The van der Waals surface area contributed by atoms with E-state index in [0.29, 0.717) is 29.0 Å². The Hall–Kier alpha value is -3.09. The molecular formula is C27H33NO6. The largest absolute Gasteiger partial charge is 0.497 e. The molecule has 34 heavy (non-hydrogen) atoms. The highest BCUT2D eigenvalue weighted by Crippen LogP contribution is 2.46. The van der Waals surface area contributed by atoms with Crippen LogP contribution in [0.4, 0.5) is 0 Å². The maximum absolute atomic E-state index is 13.8. The second kappa shape index (κ2) is 10.0. The number of dihydropyridines is 1. The third-order valence-electron chi connectivity index (χ3n) is 7.22. The van der Waals surface area contributed by atoms with Crippen molar-refractivity contribution in [3.05, 3.63) is 52.4 Å². The number of hydrogen-bond donors (Lipinski definition) is 1. The zero-order valence-corrected chi connectivity index (χ0v) is 20.3. The van der Waals surface area contributed by atoms with E-state index in [1.54, 1.807) is 7.11 Å². The number of ketones is 1. The minimum absolute atomic E-state index is 0.118. The van der Waals surface area contributed by atoms with Crippen LogP contribution in [-0.2, 0) is 23.9 Å². The van der Waals surface area contributed by atoms with Crippen LogP contribution in [0, 0.1) is 11.8 Å². The number of carbonyl (C=O) groups excluding carboxylic acids is 3. The predicted octanol–water partition coefficient (Wildman–Crippen LogP) is 4.18. The van der Waals surface area contributed by atoms with Gasteiger partial charge in [-0.25, -0.2) is 4.79 Å². The van der Waals surface area contributed by atoms with Gasteiger partial charge >= 0.3 is 11.9 Å². The Labute approximate surface area is 200 Å². The number of carbonyl (C=O) groups is 3. The molecule has 3 atom stereocenters. The lowest BCUT2D eigenvalue weighted by Gasteiger charge is -2.38. The van der Waals surface area contributed by atoms with Gasteiger partial charge in [0.2, 0.25) is 0 Å². The van der Waals surface area contributed by atoms with Crippen LogP contribution in [-0.4, -0.2) is 38.0 Å². The molecule has 3 aliphatic rings. The molecule has 0 unspecified atom stereocenters. The van der Waals surface area contributed by atoms with Crippen molar-refractivity contribution in [1.82, 2.24) is 5.32 Å². The van der Waals surface area contributed by atoms with E-state index in [1.807, 2.05) is 38.1 Å². The van der Waals surface area contributed by atoms with Gasteiger partial charge in [0.25, 0.3) is 0 Å². The summed E-state index contributed by atoms with van der Waals surface area (Å²) in [6.07, 6.45) is 5.33. The van der Waals surface area contributed by atoms with E-state index >= 15 is 0 Å². The van der Waals surface area contributed by atoms with Gasteiger partial charge in [-0.05, 0) is 62.6 Å². The predicted molar refractivity (Wildman–Crippen MR) is 126 cm³/mol. The maximum atomic E-state index is 13.8. The molecule has 0 aromatic heterocycles. The van der Waals surface area contributed by atoms with Crippen molar-refractivity contribution in [3.63, 3.8) is 0 Å². The highest BCUT2D eigenvalue weighted by Gasteiger charge is 2.47. The molecule has 1 saturated carbocycles. The molecule has 7 heteroatoms.